The lowest BCUT2D eigenvalue weighted by atomic mass is 9.83. The van der Waals surface area contributed by atoms with Crippen LogP contribution in [0, 0.1) is 0 Å². The molecule has 2 aromatic carbocycles. The second kappa shape index (κ2) is 9.43. The van der Waals surface area contributed by atoms with Gasteiger partial charge in [0.05, 0.1) is 0 Å². The van der Waals surface area contributed by atoms with Crippen LogP contribution in [-0.2, 0) is 9.59 Å². The van der Waals surface area contributed by atoms with Gasteiger partial charge in [0, 0.05) is 59.6 Å². The zero-order valence-electron chi connectivity index (χ0n) is 16.9. The molecule has 156 valence electrons. The standard InChI is InChI=1S/C22H24N4O4/c1-23-9-7-19(27)25-13-3-5-15-17(11-13)21(29)16-6-4-14(12-18(16)22(15)30)26-20(28)8-10-24-2/h3-6,11-12,23-24H,7-10H2,1-2H3,(H,25,27)(H,26,28). The Kier molecular flexibility index (Phi) is 6.71. The zero-order chi connectivity index (χ0) is 21.7. The molecule has 0 saturated heterocycles. The van der Waals surface area contributed by atoms with Crippen LogP contribution in [0.4, 0.5) is 11.4 Å². The number of hydrogen-bond donors (Lipinski definition) is 4. The summed E-state index contributed by atoms with van der Waals surface area (Å²) in [7, 11) is 3.51. The first-order valence-corrected chi connectivity index (χ1v) is 9.71. The average molecular weight is 408 g/mol. The minimum atomic E-state index is -0.293. The van der Waals surface area contributed by atoms with Crippen molar-refractivity contribution in [3.05, 3.63) is 58.7 Å². The Morgan fingerprint density at radius 3 is 1.43 bits per heavy atom. The Morgan fingerprint density at radius 2 is 1.07 bits per heavy atom. The summed E-state index contributed by atoms with van der Waals surface area (Å²) in [6.07, 6.45) is 0.595. The molecule has 1 aliphatic rings. The van der Waals surface area contributed by atoms with Crippen LogP contribution < -0.4 is 21.3 Å². The van der Waals surface area contributed by atoms with Gasteiger partial charge in [0.15, 0.2) is 11.6 Å². The molecule has 0 radical (unpaired) electrons. The van der Waals surface area contributed by atoms with Crippen molar-refractivity contribution < 1.29 is 19.2 Å². The summed E-state index contributed by atoms with van der Waals surface area (Å²) < 4.78 is 0. The number of benzene rings is 2. The number of nitrogens with one attached hydrogen (secondary N) is 4. The number of anilines is 2. The topological polar surface area (TPSA) is 116 Å². The van der Waals surface area contributed by atoms with Crippen molar-refractivity contribution in [2.24, 2.45) is 0 Å². The Labute approximate surface area is 174 Å². The van der Waals surface area contributed by atoms with Gasteiger partial charge in [-0.25, -0.2) is 0 Å². The molecular formula is C22H24N4O4. The highest BCUT2D eigenvalue weighted by Crippen LogP contribution is 2.31. The molecule has 8 nitrogen and oxygen atoms in total. The van der Waals surface area contributed by atoms with Gasteiger partial charge in [0.2, 0.25) is 11.8 Å². The number of hydrogen-bond acceptors (Lipinski definition) is 6. The summed E-state index contributed by atoms with van der Waals surface area (Å²) >= 11 is 0. The second-order valence-electron chi connectivity index (χ2n) is 6.98. The van der Waals surface area contributed by atoms with Crippen LogP contribution in [0.1, 0.15) is 44.7 Å². The second-order valence-corrected chi connectivity index (χ2v) is 6.98. The van der Waals surface area contributed by atoms with Crippen molar-refractivity contribution in [2.75, 3.05) is 37.8 Å². The molecule has 0 spiro atoms. The van der Waals surface area contributed by atoms with E-state index in [0.29, 0.717) is 37.3 Å². The first-order valence-electron chi connectivity index (χ1n) is 9.71. The fraction of sp³-hybridized carbons (Fsp3) is 0.273. The van der Waals surface area contributed by atoms with Crippen molar-refractivity contribution in [3.8, 4) is 0 Å². The van der Waals surface area contributed by atoms with E-state index in [2.05, 4.69) is 21.3 Å². The van der Waals surface area contributed by atoms with Crippen molar-refractivity contribution in [3.63, 3.8) is 0 Å². The van der Waals surface area contributed by atoms with E-state index < -0.39 is 0 Å². The zero-order valence-corrected chi connectivity index (χ0v) is 16.9. The van der Waals surface area contributed by atoms with Crippen LogP contribution in [0.15, 0.2) is 36.4 Å². The van der Waals surface area contributed by atoms with E-state index in [-0.39, 0.29) is 45.6 Å². The summed E-state index contributed by atoms with van der Waals surface area (Å²) in [5, 5.41) is 11.3. The molecule has 0 unspecified atom stereocenters. The Morgan fingerprint density at radius 1 is 0.667 bits per heavy atom. The summed E-state index contributed by atoms with van der Waals surface area (Å²) in [6, 6.07) is 9.37. The number of amides is 2. The fourth-order valence-corrected chi connectivity index (χ4v) is 3.23. The van der Waals surface area contributed by atoms with Crippen molar-refractivity contribution in [1.82, 2.24) is 10.6 Å². The van der Waals surface area contributed by atoms with Crippen LogP contribution in [0.5, 0.6) is 0 Å². The molecule has 0 aliphatic heterocycles. The predicted octanol–water partition coefficient (Wildman–Crippen LogP) is 1.56. The van der Waals surface area contributed by atoms with Gasteiger partial charge in [-0.2, -0.15) is 0 Å². The first-order chi connectivity index (χ1) is 14.4. The van der Waals surface area contributed by atoms with Crippen molar-refractivity contribution in [2.45, 2.75) is 12.8 Å². The monoisotopic (exact) mass is 408 g/mol. The number of carbonyl (C=O) groups excluding carboxylic acids is 4. The third-order valence-electron chi connectivity index (χ3n) is 4.79. The van der Waals surface area contributed by atoms with Gasteiger partial charge < -0.3 is 21.3 Å². The van der Waals surface area contributed by atoms with E-state index in [1.165, 1.54) is 12.1 Å². The van der Waals surface area contributed by atoms with Crippen LogP contribution in [0.3, 0.4) is 0 Å². The number of rotatable bonds is 8. The van der Waals surface area contributed by atoms with Gasteiger partial charge in [0.25, 0.3) is 0 Å². The normalized spacial score (nSPS) is 12.2. The van der Waals surface area contributed by atoms with Gasteiger partial charge in [-0.05, 0) is 50.5 Å². The molecule has 0 bridgehead atoms. The van der Waals surface area contributed by atoms with Gasteiger partial charge in [0.1, 0.15) is 0 Å². The fourth-order valence-electron chi connectivity index (χ4n) is 3.23. The number of fused-ring (bicyclic) bond motifs is 2. The molecule has 0 saturated carbocycles. The Hall–Kier alpha value is -3.36. The first kappa shape index (κ1) is 21.4. The van der Waals surface area contributed by atoms with E-state index in [1.807, 2.05) is 0 Å². The van der Waals surface area contributed by atoms with Gasteiger partial charge in [-0.3, -0.25) is 19.2 Å². The van der Waals surface area contributed by atoms with Crippen LogP contribution >= 0.6 is 0 Å². The summed E-state index contributed by atoms with van der Waals surface area (Å²) in [4.78, 5) is 49.8. The third-order valence-corrected chi connectivity index (χ3v) is 4.79. The average Bonchev–Trinajstić information content (AvgIpc) is 2.74. The minimum absolute atomic E-state index is 0.182. The largest absolute Gasteiger partial charge is 0.326 e. The molecule has 2 aromatic rings. The molecule has 0 fully saturated rings. The molecule has 8 heteroatoms. The Bertz CT molecular complexity index is 935. The summed E-state index contributed by atoms with van der Waals surface area (Å²) in [6.45, 7) is 1.07. The van der Waals surface area contributed by atoms with E-state index in [1.54, 1.807) is 38.4 Å². The summed E-state index contributed by atoms with van der Waals surface area (Å²) in [5.74, 6) is -0.950. The van der Waals surface area contributed by atoms with Crippen LogP contribution in [0.25, 0.3) is 0 Å². The molecule has 30 heavy (non-hydrogen) atoms. The molecule has 2 amide bonds. The van der Waals surface area contributed by atoms with Gasteiger partial charge in [-0.1, -0.05) is 0 Å². The molecule has 1 aliphatic carbocycles. The van der Waals surface area contributed by atoms with Gasteiger partial charge in [-0.15, -0.1) is 0 Å². The highest BCUT2D eigenvalue weighted by molar-refractivity contribution is 6.29. The maximum absolute atomic E-state index is 13.0. The highest BCUT2D eigenvalue weighted by Gasteiger charge is 2.30. The third kappa shape index (κ3) is 4.61. The van der Waals surface area contributed by atoms with E-state index in [4.69, 9.17) is 0 Å². The molecule has 3 rings (SSSR count). The molecule has 0 atom stereocenters. The van der Waals surface area contributed by atoms with Crippen LogP contribution in [-0.4, -0.2) is 50.6 Å². The van der Waals surface area contributed by atoms with Crippen molar-refractivity contribution in [1.29, 1.82) is 0 Å². The quantitative estimate of drug-likeness (QED) is 0.450. The Balaban J connectivity index is 1.83. The lowest BCUT2D eigenvalue weighted by molar-refractivity contribution is -0.116. The molecule has 4 N–H and O–H groups in total. The van der Waals surface area contributed by atoms with Gasteiger partial charge >= 0.3 is 0 Å². The lowest BCUT2D eigenvalue weighted by Crippen LogP contribution is -2.23. The van der Waals surface area contributed by atoms with E-state index >= 15 is 0 Å². The predicted molar refractivity (Wildman–Crippen MR) is 114 cm³/mol. The molecular weight excluding hydrogens is 384 g/mol. The minimum Gasteiger partial charge on any atom is -0.326 e. The van der Waals surface area contributed by atoms with Crippen LogP contribution in [0.2, 0.25) is 0 Å². The van der Waals surface area contributed by atoms with Crippen molar-refractivity contribution >= 4 is 34.8 Å². The summed E-state index contributed by atoms with van der Waals surface area (Å²) in [5.41, 5.74) is 1.99. The molecule has 0 aromatic heterocycles. The lowest BCUT2D eigenvalue weighted by Gasteiger charge is -2.19. The number of carbonyl (C=O) groups is 4. The molecule has 0 heterocycles. The van der Waals surface area contributed by atoms with E-state index in [0.717, 1.165) is 0 Å². The maximum atomic E-state index is 13.0. The smallest absolute Gasteiger partial charge is 0.225 e. The maximum Gasteiger partial charge on any atom is 0.225 e. The SMILES string of the molecule is CNCCC(=O)Nc1ccc2c(c1)C(=O)c1ccc(NC(=O)CCNC)cc1C2=O. The van der Waals surface area contributed by atoms with E-state index in [9.17, 15) is 19.2 Å². The number of ketones is 2. The highest BCUT2D eigenvalue weighted by atomic mass is 16.2.